The Morgan fingerprint density at radius 1 is 1.38 bits per heavy atom. The first-order valence-corrected chi connectivity index (χ1v) is 7.23. The van der Waals surface area contributed by atoms with Crippen molar-refractivity contribution in [1.29, 1.82) is 0 Å². The van der Waals surface area contributed by atoms with E-state index in [1.807, 2.05) is 6.92 Å². The molecule has 2 amide bonds. The van der Waals surface area contributed by atoms with Gasteiger partial charge in [-0.05, 0) is 19.3 Å². The second-order valence-corrected chi connectivity index (χ2v) is 5.52. The number of hydrogen-bond acceptors (Lipinski definition) is 3. The molecule has 2 heterocycles. The lowest BCUT2D eigenvalue weighted by atomic mass is 9.93. The number of hydrogen-bond donors (Lipinski definition) is 2. The summed E-state index contributed by atoms with van der Waals surface area (Å²) in [4.78, 5) is 25.6. The van der Waals surface area contributed by atoms with E-state index in [2.05, 4.69) is 10.6 Å². The Morgan fingerprint density at radius 2 is 2.10 bits per heavy atom. The van der Waals surface area contributed by atoms with Crippen LogP contribution in [0.1, 0.15) is 26.2 Å². The van der Waals surface area contributed by atoms with Crippen molar-refractivity contribution in [1.82, 2.24) is 15.5 Å². The first kappa shape index (κ1) is 16.1. The number of piperidine rings is 1. The predicted molar refractivity (Wildman–Crippen MR) is 69.4 cm³/mol. The maximum atomic E-state index is 12.6. The summed E-state index contributed by atoms with van der Waals surface area (Å²) >= 11 is 0. The number of nitrogens with one attached hydrogen (secondary N) is 2. The van der Waals surface area contributed by atoms with Crippen molar-refractivity contribution in [2.45, 2.75) is 44.4 Å². The minimum Gasteiger partial charge on any atom is -0.353 e. The molecule has 0 aromatic carbocycles. The first-order chi connectivity index (χ1) is 9.84. The van der Waals surface area contributed by atoms with Gasteiger partial charge in [0.15, 0.2) is 0 Å². The number of alkyl halides is 3. The van der Waals surface area contributed by atoms with Gasteiger partial charge in [0.2, 0.25) is 11.8 Å². The Labute approximate surface area is 121 Å². The number of rotatable bonds is 2. The second-order valence-electron chi connectivity index (χ2n) is 5.52. The van der Waals surface area contributed by atoms with Crippen molar-refractivity contribution >= 4 is 11.8 Å². The van der Waals surface area contributed by atoms with E-state index < -0.39 is 24.2 Å². The van der Waals surface area contributed by atoms with Gasteiger partial charge in [0.25, 0.3) is 0 Å². The molecule has 2 aliphatic rings. The summed E-state index contributed by atoms with van der Waals surface area (Å²) in [5, 5.41) is 5.39. The van der Waals surface area contributed by atoms with Gasteiger partial charge < -0.3 is 15.5 Å². The Kier molecular flexibility index (Phi) is 4.75. The second kappa shape index (κ2) is 6.21. The van der Waals surface area contributed by atoms with Crippen LogP contribution in [0.4, 0.5) is 13.2 Å². The molecule has 0 radical (unpaired) electrons. The molecule has 0 aliphatic carbocycles. The molecule has 0 bridgehead atoms. The molecule has 0 spiro atoms. The van der Waals surface area contributed by atoms with Gasteiger partial charge in [-0.15, -0.1) is 0 Å². The van der Waals surface area contributed by atoms with Gasteiger partial charge in [-0.1, -0.05) is 6.92 Å². The van der Waals surface area contributed by atoms with Crippen molar-refractivity contribution in [3.8, 4) is 0 Å². The van der Waals surface area contributed by atoms with Crippen LogP contribution >= 0.6 is 0 Å². The van der Waals surface area contributed by atoms with Crippen LogP contribution in [0, 0.1) is 5.92 Å². The van der Waals surface area contributed by atoms with Crippen molar-refractivity contribution in [3.05, 3.63) is 0 Å². The Morgan fingerprint density at radius 3 is 2.62 bits per heavy atom. The lowest BCUT2D eigenvalue weighted by molar-refractivity contribution is -0.181. The normalized spacial score (nSPS) is 31.0. The Balaban J connectivity index is 1.96. The number of carbonyl (C=O) groups excluding carboxylic acids is 2. The molecule has 2 aliphatic heterocycles. The third-order valence-corrected chi connectivity index (χ3v) is 4.18. The quantitative estimate of drug-likeness (QED) is 0.787. The number of piperazine rings is 1. The van der Waals surface area contributed by atoms with Gasteiger partial charge in [0.1, 0.15) is 6.04 Å². The molecule has 2 N–H and O–H groups in total. The smallest absolute Gasteiger partial charge is 0.353 e. The van der Waals surface area contributed by atoms with E-state index in [1.54, 1.807) is 0 Å². The lowest BCUT2D eigenvalue weighted by Gasteiger charge is -2.39. The van der Waals surface area contributed by atoms with Crippen molar-refractivity contribution in [2.24, 2.45) is 5.92 Å². The molecule has 2 saturated heterocycles. The molecule has 3 atom stereocenters. The average Bonchev–Trinajstić information content (AvgIpc) is 2.45. The van der Waals surface area contributed by atoms with Gasteiger partial charge in [-0.3, -0.25) is 9.59 Å². The van der Waals surface area contributed by atoms with E-state index in [4.69, 9.17) is 0 Å². The molecule has 0 aromatic heterocycles. The number of nitrogens with zero attached hydrogens (tertiary/aromatic N) is 1. The van der Waals surface area contributed by atoms with Gasteiger partial charge in [-0.25, -0.2) is 0 Å². The fourth-order valence-electron chi connectivity index (χ4n) is 2.93. The summed E-state index contributed by atoms with van der Waals surface area (Å²) in [5.74, 6) is -1.86. The third-order valence-electron chi connectivity index (χ3n) is 4.18. The highest BCUT2D eigenvalue weighted by Crippen LogP contribution is 2.32. The molecule has 5 nitrogen and oxygen atoms in total. The van der Waals surface area contributed by atoms with E-state index in [-0.39, 0.29) is 31.2 Å². The van der Waals surface area contributed by atoms with Crippen LogP contribution < -0.4 is 10.6 Å². The molecule has 8 heteroatoms. The molecular formula is C13H20F3N3O2. The van der Waals surface area contributed by atoms with Crippen LogP contribution in [-0.2, 0) is 9.59 Å². The maximum absolute atomic E-state index is 12.6. The topological polar surface area (TPSA) is 61.4 Å². The van der Waals surface area contributed by atoms with Crippen LogP contribution in [0.2, 0.25) is 0 Å². The van der Waals surface area contributed by atoms with Crippen LogP contribution in [-0.4, -0.2) is 54.6 Å². The van der Waals surface area contributed by atoms with E-state index >= 15 is 0 Å². The zero-order valence-electron chi connectivity index (χ0n) is 11.9. The molecule has 120 valence electrons. The maximum Gasteiger partial charge on any atom is 0.393 e. The molecule has 0 aromatic rings. The zero-order valence-corrected chi connectivity index (χ0v) is 11.9. The van der Waals surface area contributed by atoms with Crippen LogP contribution in [0.25, 0.3) is 0 Å². The Bertz CT molecular complexity index is 406. The Hall–Kier alpha value is -1.31. The summed E-state index contributed by atoms with van der Waals surface area (Å²) in [6, 6.07) is -1.14. The lowest BCUT2D eigenvalue weighted by Crippen LogP contribution is -2.61. The van der Waals surface area contributed by atoms with E-state index in [0.717, 1.165) is 0 Å². The summed E-state index contributed by atoms with van der Waals surface area (Å²) in [6.07, 6.45) is -3.63. The predicted octanol–water partition coefficient (Wildman–Crippen LogP) is 0.654. The summed E-state index contributed by atoms with van der Waals surface area (Å²) in [5.41, 5.74) is 0. The highest BCUT2D eigenvalue weighted by atomic mass is 19.4. The van der Waals surface area contributed by atoms with E-state index in [1.165, 1.54) is 4.90 Å². The highest BCUT2D eigenvalue weighted by Gasteiger charge is 2.44. The fraction of sp³-hybridized carbons (Fsp3) is 0.846. The minimum atomic E-state index is -4.22. The van der Waals surface area contributed by atoms with E-state index in [9.17, 15) is 22.8 Å². The summed E-state index contributed by atoms with van der Waals surface area (Å²) in [6.45, 7) is 2.36. The minimum absolute atomic E-state index is 0.0519. The number of halogens is 3. The van der Waals surface area contributed by atoms with Crippen molar-refractivity contribution in [3.63, 3.8) is 0 Å². The van der Waals surface area contributed by atoms with Gasteiger partial charge >= 0.3 is 6.18 Å². The number of amides is 2. The van der Waals surface area contributed by atoms with Crippen LogP contribution in [0.5, 0.6) is 0 Å². The SMILES string of the molecule is CCC1C(=O)NCCN1C(=O)C1CCC(C(F)(F)F)CN1. The zero-order chi connectivity index (χ0) is 15.6. The fourth-order valence-corrected chi connectivity index (χ4v) is 2.93. The summed E-state index contributed by atoms with van der Waals surface area (Å²) < 4.78 is 37.8. The highest BCUT2D eigenvalue weighted by molar-refractivity contribution is 5.90. The van der Waals surface area contributed by atoms with Crippen molar-refractivity contribution in [2.75, 3.05) is 19.6 Å². The molecule has 2 fully saturated rings. The first-order valence-electron chi connectivity index (χ1n) is 7.23. The average molecular weight is 307 g/mol. The molecule has 0 saturated carbocycles. The standard InChI is InChI=1S/C13H20F3N3O2/c1-2-10-11(20)17-5-6-19(10)12(21)9-4-3-8(7-18-9)13(14,15)16/h8-10,18H,2-7H2,1H3,(H,17,20). The third kappa shape index (κ3) is 3.48. The summed E-state index contributed by atoms with van der Waals surface area (Å²) in [7, 11) is 0. The van der Waals surface area contributed by atoms with Gasteiger partial charge in [-0.2, -0.15) is 13.2 Å². The van der Waals surface area contributed by atoms with Crippen LogP contribution in [0.15, 0.2) is 0 Å². The molecule has 3 unspecified atom stereocenters. The monoisotopic (exact) mass is 307 g/mol. The van der Waals surface area contributed by atoms with Crippen molar-refractivity contribution < 1.29 is 22.8 Å². The van der Waals surface area contributed by atoms with Gasteiger partial charge in [0, 0.05) is 19.6 Å². The molecule has 2 rings (SSSR count). The molecule has 21 heavy (non-hydrogen) atoms. The molecular weight excluding hydrogens is 287 g/mol. The largest absolute Gasteiger partial charge is 0.393 e. The number of carbonyl (C=O) groups is 2. The van der Waals surface area contributed by atoms with Crippen LogP contribution in [0.3, 0.4) is 0 Å². The van der Waals surface area contributed by atoms with Gasteiger partial charge in [0.05, 0.1) is 12.0 Å². The van der Waals surface area contributed by atoms with E-state index in [0.29, 0.717) is 19.5 Å².